The summed E-state index contributed by atoms with van der Waals surface area (Å²) in [7, 11) is -3.14. The maximum atomic E-state index is 3.86. The maximum Gasteiger partial charge on any atom is 0.121 e. The topological polar surface area (TPSA) is 3.24 Å². The van der Waals surface area contributed by atoms with Gasteiger partial charge in [-0.3, -0.25) is 0 Å². The Morgan fingerprint density at radius 2 is 1.24 bits per heavy atom. The number of benzene rings is 1. The highest BCUT2D eigenvalue weighted by Crippen LogP contribution is 2.46. The fraction of sp³-hybridized carbons (Fsp3) is 0.636. The molecule has 142 valence electrons. The molecule has 1 nitrogen and oxygen atoms in total. The van der Waals surface area contributed by atoms with Crippen LogP contribution in [0.3, 0.4) is 0 Å². The predicted octanol–water partition coefficient (Wildman–Crippen LogP) is 7.18. The van der Waals surface area contributed by atoms with Gasteiger partial charge < -0.3 is 4.23 Å². The van der Waals surface area contributed by atoms with Crippen molar-refractivity contribution in [3.05, 3.63) is 42.0 Å². The SMILES string of the molecule is C=Cc1ccc(CCN([Si](C)(C)C(C)(C)C)[Si](C)(C)C(C)(C)C)cc1. The fourth-order valence-electron chi connectivity index (χ4n) is 3.13. The third-order valence-electron chi connectivity index (χ3n) is 6.86. The lowest BCUT2D eigenvalue weighted by Crippen LogP contribution is -2.68. The summed E-state index contributed by atoms with van der Waals surface area (Å²) < 4.78 is 3.02. The third kappa shape index (κ3) is 4.96. The summed E-state index contributed by atoms with van der Waals surface area (Å²) in [6.07, 6.45) is 3.05. The average Bonchev–Trinajstić information content (AvgIpc) is 2.45. The Kier molecular flexibility index (Phi) is 6.75. The summed E-state index contributed by atoms with van der Waals surface area (Å²) in [6, 6.07) is 8.91. The van der Waals surface area contributed by atoms with Crippen LogP contribution in [0.5, 0.6) is 0 Å². The van der Waals surface area contributed by atoms with Gasteiger partial charge in [0, 0.05) is 0 Å². The van der Waals surface area contributed by atoms with Crippen molar-refractivity contribution in [3.63, 3.8) is 0 Å². The molecule has 0 fully saturated rings. The number of nitrogens with zero attached hydrogens (tertiary/aromatic N) is 1. The van der Waals surface area contributed by atoms with Gasteiger partial charge in [0.05, 0.1) is 0 Å². The largest absolute Gasteiger partial charge is 0.345 e. The second kappa shape index (κ2) is 7.54. The highest BCUT2D eigenvalue weighted by atomic mass is 28.4. The van der Waals surface area contributed by atoms with Crippen LogP contribution in [-0.4, -0.2) is 27.2 Å². The quantitative estimate of drug-likeness (QED) is 0.476. The monoisotopic (exact) mass is 375 g/mol. The number of hydrogen-bond donors (Lipinski definition) is 0. The molecule has 0 spiro atoms. The van der Waals surface area contributed by atoms with Gasteiger partial charge in [0.15, 0.2) is 0 Å². The van der Waals surface area contributed by atoms with E-state index in [4.69, 9.17) is 0 Å². The maximum absolute atomic E-state index is 3.86. The van der Waals surface area contributed by atoms with Gasteiger partial charge >= 0.3 is 0 Å². The minimum absolute atomic E-state index is 0.370. The van der Waals surface area contributed by atoms with Crippen molar-refractivity contribution in [2.24, 2.45) is 0 Å². The molecule has 3 heteroatoms. The Morgan fingerprint density at radius 1 is 0.840 bits per heavy atom. The normalized spacial score (nSPS) is 14.0. The second-order valence-electron chi connectivity index (χ2n) is 10.5. The van der Waals surface area contributed by atoms with E-state index in [1.165, 1.54) is 17.7 Å². The lowest BCUT2D eigenvalue weighted by molar-refractivity contribution is 0.513. The van der Waals surface area contributed by atoms with Gasteiger partial charge in [0.25, 0.3) is 0 Å². The van der Waals surface area contributed by atoms with E-state index in [0.29, 0.717) is 10.1 Å². The Bertz CT molecular complexity index is 546. The van der Waals surface area contributed by atoms with Crippen LogP contribution in [0.2, 0.25) is 36.3 Å². The van der Waals surface area contributed by atoms with Crippen LogP contribution in [0.4, 0.5) is 0 Å². The van der Waals surface area contributed by atoms with Crippen LogP contribution in [-0.2, 0) is 6.42 Å². The van der Waals surface area contributed by atoms with Crippen molar-refractivity contribution < 1.29 is 0 Å². The molecule has 0 saturated carbocycles. The molecular formula is C22H41NSi2. The average molecular weight is 376 g/mol. The minimum Gasteiger partial charge on any atom is -0.345 e. The summed E-state index contributed by atoms with van der Waals surface area (Å²) in [5, 5.41) is 0.741. The van der Waals surface area contributed by atoms with Crippen LogP contribution in [0, 0.1) is 0 Å². The zero-order valence-electron chi connectivity index (χ0n) is 18.5. The lowest BCUT2D eigenvalue weighted by atomic mass is 10.1. The molecule has 0 heterocycles. The van der Waals surface area contributed by atoms with Crippen LogP contribution in [0.15, 0.2) is 30.8 Å². The van der Waals surface area contributed by atoms with Crippen molar-refractivity contribution in [1.82, 2.24) is 4.23 Å². The highest BCUT2D eigenvalue weighted by molar-refractivity contribution is 6.93. The summed E-state index contributed by atoms with van der Waals surface area (Å²) in [6.45, 7) is 30.0. The molecule has 0 unspecified atom stereocenters. The van der Waals surface area contributed by atoms with Crippen molar-refractivity contribution in [2.45, 2.75) is 84.2 Å². The van der Waals surface area contributed by atoms with Crippen LogP contribution in [0.25, 0.3) is 6.08 Å². The van der Waals surface area contributed by atoms with Gasteiger partial charge in [-0.2, -0.15) is 0 Å². The molecule has 0 bridgehead atoms. The molecule has 0 aliphatic rings. The Balaban J connectivity index is 3.16. The van der Waals surface area contributed by atoms with E-state index in [1.54, 1.807) is 0 Å². The van der Waals surface area contributed by atoms with Crippen molar-refractivity contribution in [3.8, 4) is 0 Å². The summed E-state index contributed by atoms with van der Waals surface area (Å²) in [5.41, 5.74) is 2.64. The first-order chi connectivity index (χ1) is 11.1. The molecule has 0 atom stereocenters. The number of rotatable bonds is 6. The molecule has 0 saturated heterocycles. The van der Waals surface area contributed by atoms with E-state index in [-0.39, 0.29) is 0 Å². The van der Waals surface area contributed by atoms with E-state index in [1.807, 2.05) is 6.08 Å². The molecule has 0 aliphatic carbocycles. The summed E-state index contributed by atoms with van der Waals surface area (Å²) >= 11 is 0. The molecule has 25 heavy (non-hydrogen) atoms. The standard InChI is InChI=1S/C22H41NSi2/c1-12-19-13-15-20(16-14-19)17-18-23(24(8,9)21(2,3)4)25(10,11)22(5,6)7/h12-16H,1,17-18H2,2-11H3. The molecule has 0 N–H and O–H groups in total. The number of hydrogen-bond acceptors (Lipinski definition) is 1. The van der Waals surface area contributed by atoms with Gasteiger partial charge in [-0.05, 0) is 34.2 Å². The molecule has 1 rings (SSSR count). The van der Waals surface area contributed by atoms with Gasteiger partial charge in [0.1, 0.15) is 16.5 Å². The smallest absolute Gasteiger partial charge is 0.121 e. The van der Waals surface area contributed by atoms with Crippen LogP contribution < -0.4 is 0 Å². The van der Waals surface area contributed by atoms with Crippen LogP contribution in [0.1, 0.15) is 52.7 Å². The molecule has 0 radical (unpaired) electrons. The lowest BCUT2D eigenvalue weighted by Gasteiger charge is -2.57. The molecule has 0 amide bonds. The van der Waals surface area contributed by atoms with E-state index >= 15 is 0 Å². The van der Waals surface area contributed by atoms with Crippen molar-refractivity contribution in [2.75, 3.05) is 6.54 Å². The zero-order valence-corrected chi connectivity index (χ0v) is 20.5. The van der Waals surface area contributed by atoms with Gasteiger partial charge in [0.2, 0.25) is 0 Å². The van der Waals surface area contributed by atoms with E-state index in [0.717, 1.165) is 6.42 Å². The van der Waals surface area contributed by atoms with Crippen molar-refractivity contribution >= 4 is 22.5 Å². The molecule has 1 aromatic rings. The van der Waals surface area contributed by atoms with E-state index in [2.05, 4.69) is 103 Å². The molecule has 1 aromatic carbocycles. The molecule has 0 aromatic heterocycles. The summed E-state index contributed by atoms with van der Waals surface area (Å²) in [5.74, 6) is 0. The first kappa shape index (κ1) is 22.4. The van der Waals surface area contributed by atoms with Crippen molar-refractivity contribution in [1.29, 1.82) is 0 Å². The van der Waals surface area contributed by atoms with Crippen LogP contribution >= 0.6 is 0 Å². The summed E-state index contributed by atoms with van der Waals surface area (Å²) in [4.78, 5) is 0. The first-order valence-corrected chi connectivity index (χ1v) is 15.5. The Hall–Kier alpha value is -0.646. The molecule has 0 aliphatic heterocycles. The predicted molar refractivity (Wildman–Crippen MR) is 121 cm³/mol. The first-order valence-electron chi connectivity index (χ1n) is 9.64. The zero-order chi connectivity index (χ0) is 19.7. The van der Waals surface area contributed by atoms with E-state index in [9.17, 15) is 0 Å². The van der Waals surface area contributed by atoms with Gasteiger partial charge in [-0.25, -0.2) is 0 Å². The van der Waals surface area contributed by atoms with Gasteiger partial charge in [-0.15, -0.1) is 0 Å². The Labute approximate surface area is 159 Å². The molecular weight excluding hydrogens is 334 g/mol. The Morgan fingerprint density at radius 3 is 1.56 bits per heavy atom. The second-order valence-corrected chi connectivity index (χ2v) is 21.2. The minimum atomic E-state index is -1.57. The highest BCUT2D eigenvalue weighted by Gasteiger charge is 2.51. The fourth-order valence-corrected chi connectivity index (χ4v) is 13.7. The van der Waals surface area contributed by atoms with E-state index < -0.39 is 16.5 Å². The van der Waals surface area contributed by atoms with Gasteiger partial charge in [-0.1, -0.05) is 105 Å². The third-order valence-corrected chi connectivity index (χ3v) is 20.7.